The number of hydrazine groups is 1. The van der Waals surface area contributed by atoms with Gasteiger partial charge < -0.3 is 9.64 Å². The summed E-state index contributed by atoms with van der Waals surface area (Å²) in [5.41, 5.74) is 4.85. The van der Waals surface area contributed by atoms with Gasteiger partial charge in [0.25, 0.3) is 5.91 Å². The number of hydrogen-bond donors (Lipinski definition) is 2. The number of rotatable bonds is 5. The number of thiophene rings is 1. The van der Waals surface area contributed by atoms with Crippen molar-refractivity contribution in [3.8, 4) is 0 Å². The number of carbonyl (C=O) groups is 3. The smallest absolute Gasteiger partial charge is 0.426 e. The third kappa shape index (κ3) is 4.96. The van der Waals surface area contributed by atoms with Gasteiger partial charge in [-0.3, -0.25) is 15.0 Å². The first-order chi connectivity index (χ1) is 11.1. The normalized spacial score (nSPS) is 13.3. The summed E-state index contributed by atoms with van der Waals surface area (Å²) in [5, 5.41) is 1.84. The first-order valence-corrected chi connectivity index (χ1v) is 7.91. The van der Waals surface area contributed by atoms with Gasteiger partial charge in [0.1, 0.15) is 0 Å². The molecule has 0 fully saturated rings. The Morgan fingerprint density at radius 3 is 2.87 bits per heavy atom. The van der Waals surface area contributed by atoms with Crippen LogP contribution in [0.1, 0.15) is 23.0 Å². The van der Waals surface area contributed by atoms with Crippen molar-refractivity contribution in [2.45, 2.75) is 13.3 Å². The van der Waals surface area contributed by atoms with Crippen LogP contribution in [0.4, 0.5) is 4.79 Å². The predicted octanol–water partition coefficient (Wildman–Crippen LogP) is 1.81. The van der Waals surface area contributed by atoms with Crippen LogP contribution in [0.5, 0.6) is 0 Å². The highest BCUT2D eigenvalue weighted by Crippen LogP contribution is 2.15. The average molecular weight is 335 g/mol. The van der Waals surface area contributed by atoms with Crippen molar-refractivity contribution in [1.29, 1.82) is 0 Å². The molecule has 1 aromatic heterocycles. The topological polar surface area (TPSA) is 87.7 Å². The number of hydrogen-bond acceptors (Lipinski definition) is 6. The lowest BCUT2D eigenvalue weighted by Crippen LogP contribution is -2.43. The molecule has 0 aliphatic carbocycles. The number of ketones is 1. The zero-order valence-electron chi connectivity index (χ0n) is 12.6. The first kappa shape index (κ1) is 16.8. The Balaban J connectivity index is 1.90. The Hall–Kier alpha value is -2.61. The summed E-state index contributed by atoms with van der Waals surface area (Å²) in [5.74, 6) is -0.469. The van der Waals surface area contributed by atoms with Crippen molar-refractivity contribution in [3.63, 3.8) is 0 Å². The molecular weight excluding hydrogens is 318 g/mol. The Labute approximate surface area is 137 Å². The molecule has 8 heteroatoms. The number of Topliss-reactive ketones (excluding diaryl/α,β-unsaturated/α-hetero) is 1. The molecule has 2 rings (SSSR count). The van der Waals surface area contributed by atoms with E-state index in [9.17, 15) is 14.4 Å². The number of nitrogens with zero attached hydrogens (tertiary/aromatic N) is 1. The van der Waals surface area contributed by atoms with Crippen LogP contribution in [-0.2, 0) is 9.53 Å². The molecule has 2 amide bonds. The average Bonchev–Trinajstić information content (AvgIpc) is 3.08. The second-order valence-electron chi connectivity index (χ2n) is 4.62. The van der Waals surface area contributed by atoms with Gasteiger partial charge in [-0.05, 0) is 24.8 Å². The number of carbonyl (C=O) groups excluding carboxylic acids is 3. The summed E-state index contributed by atoms with van der Waals surface area (Å²) in [7, 11) is 0. The Morgan fingerprint density at radius 2 is 2.17 bits per heavy atom. The Kier molecular flexibility index (Phi) is 5.93. The van der Waals surface area contributed by atoms with Gasteiger partial charge >= 0.3 is 6.09 Å². The van der Waals surface area contributed by atoms with Gasteiger partial charge in [-0.1, -0.05) is 12.1 Å². The molecule has 23 heavy (non-hydrogen) atoms. The lowest BCUT2D eigenvalue weighted by atomic mass is 10.1. The molecule has 1 aliphatic rings. The molecule has 0 atom stereocenters. The molecule has 2 N–H and O–H groups in total. The van der Waals surface area contributed by atoms with E-state index < -0.39 is 12.0 Å². The van der Waals surface area contributed by atoms with Gasteiger partial charge in [-0.25, -0.2) is 10.2 Å². The summed E-state index contributed by atoms with van der Waals surface area (Å²) < 4.78 is 4.64. The third-order valence-corrected chi connectivity index (χ3v) is 3.83. The molecule has 0 aromatic carbocycles. The van der Waals surface area contributed by atoms with Gasteiger partial charge in [-0.2, -0.15) is 0 Å². The van der Waals surface area contributed by atoms with E-state index in [1.165, 1.54) is 11.3 Å². The minimum atomic E-state index is -0.725. The van der Waals surface area contributed by atoms with Gasteiger partial charge in [0.2, 0.25) is 0 Å². The molecule has 0 spiro atoms. The molecule has 122 valence electrons. The van der Waals surface area contributed by atoms with Crippen LogP contribution in [0.3, 0.4) is 0 Å². The molecule has 0 saturated heterocycles. The largest absolute Gasteiger partial charge is 0.449 e. The van der Waals surface area contributed by atoms with Crippen LogP contribution in [0.25, 0.3) is 0 Å². The van der Waals surface area contributed by atoms with Crippen molar-refractivity contribution in [2.75, 3.05) is 13.2 Å². The molecule has 0 radical (unpaired) electrons. The predicted molar refractivity (Wildman–Crippen MR) is 85.5 cm³/mol. The van der Waals surface area contributed by atoms with E-state index in [2.05, 4.69) is 15.6 Å². The molecule has 0 saturated carbocycles. The van der Waals surface area contributed by atoms with Gasteiger partial charge in [-0.15, -0.1) is 11.3 Å². The maximum absolute atomic E-state index is 12.1. The minimum Gasteiger partial charge on any atom is -0.449 e. The van der Waals surface area contributed by atoms with Crippen molar-refractivity contribution in [3.05, 3.63) is 46.4 Å². The van der Waals surface area contributed by atoms with Crippen LogP contribution >= 0.6 is 11.3 Å². The highest BCUT2D eigenvalue weighted by molar-refractivity contribution is 7.12. The van der Waals surface area contributed by atoms with Crippen LogP contribution in [0.15, 0.2) is 41.6 Å². The van der Waals surface area contributed by atoms with E-state index >= 15 is 0 Å². The molecular formula is C15H17N3O4S. The number of nitrogens with one attached hydrogen (secondary N) is 2. The van der Waals surface area contributed by atoms with Crippen LogP contribution in [0.2, 0.25) is 0 Å². The van der Waals surface area contributed by atoms with Crippen LogP contribution in [0, 0.1) is 0 Å². The van der Waals surface area contributed by atoms with Gasteiger partial charge in [0.05, 0.1) is 18.0 Å². The third-order valence-electron chi connectivity index (χ3n) is 2.92. The number of allylic oxidation sites excluding steroid dienone is 1. The zero-order chi connectivity index (χ0) is 16.7. The minimum absolute atomic E-state index is 0.0211. The lowest BCUT2D eigenvalue weighted by Gasteiger charge is -2.20. The molecule has 0 bridgehead atoms. The summed E-state index contributed by atoms with van der Waals surface area (Å²) >= 11 is 1.38. The standard InChI is InChI=1S/C15H17N3O4S/c1-2-22-15(21)17-16-14(20)11-5-3-7-18(9-11)10-12(19)13-6-4-8-23-13/h3-4,6-9H,2,5,10H2,1H3,(H,16,20)(H,17,21). The van der Waals surface area contributed by atoms with Crippen molar-refractivity contribution in [1.82, 2.24) is 15.8 Å². The Bertz CT molecular complexity index is 637. The van der Waals surface area contributed by atoms with E-state index in [-0.39, 0.29) is 18.9 Å². The fourth-order valence-corrected chi connectivity index (χ4v) is 2.55. The highest BCUT2D eigenvalue weighted by atomic mass is 32.1. The SMILES string of the molecule is CCOC(=O)NNC(=O)C1=CN(CC(=O)c2cccs2)C=CC1. The van der Waals surface area contributed by atoms with E-state index in [4.69, 9.17) is 0 Å². The molecule has 1 aliphatic heterocycles. The van der Waals surface area contributed by atoms with E-state index in [0.717, 1.165) is 0 Å². The van der Waals surface area contributed by atoms with Crippen molar-refractivity contribution in [2.24, 2.45) is 0 Å². The second-order valence-corrected chi connectivity index (χ2v) is 5.56. The maximum Gasteiger partial charge on any atom is 0.426 e. The summed E-state index contributed by atoms with van der Waals surface area (Å²) in [6.45, 7) is 2.03. The maximum atomic E-state index is 12.1. The molecule has 0 unspecified atom stereocenters. The fraction of sp³-hybridized carbons (Fsp3) is 0.267. The van der Waals surface area contributed by atoms with Gasteiger partial charge in [0.15, 0.2) is 5.78 Å². The zero-order valence-corrected chi connectivity index (χ0v) is 13.4. The van der Waals surface area contributed by atoms with E-state index in [1.807, 2.05) is 11.4 Å². The molecule has 2 heterocycles. The molecule has 7 nitrogen and oxygen atoms in total. The monoisotopic (exact) mass is 335 g/mol. The summed E-state index contributed by atoms with van der Waals surface area (Å²) in [4.78, 5) is 37.5. The fourth-order valence-electron chi connectivity index (χ4n) is 1.90. The van der Waals surface area contributed by atoms with Crippen molar-refractivity contribution >= 4 is 29.1 Å². The highest BCUT2D eigenvalue weighted by Gasteiger charge is 2.16. The lowest BCUT2D eigenvalue weighted by molar-refractivity contribution is -0.118. The van der Waals surface area contributed by atoms with E-state index in [0.29, 0.717) is 16.9 Å². The van der Waals surface area contributed by atoms with Crippen molar-refractivity contribution < 1.29 is 19.1 Å². The van der Waals surface area contributed by atoms with Gasteiger partial charge in [0, 0.05) is 18.0 Å². The molecule has 1 aromatic rings. The number of amides is 2. The quantitative estimate of drug-likeness (QED) is 0.633. The number of ether oxygens (including phenoxy) is 1. The Morgan fingerprint density at radius 1 is 1.35 bits per heavy atom. The summed E-state index contributed by atoms with van der Waals surface area (Å²) in [6.07, 6.45) is 4.81. The van der Waals surface area contributed by atoms with Crippen LogP contribution in [-0.4, -0.2) is 35.8 Å². The second kappa shape index (κ2) is 8.14. The first-order valence-electron chi connectivity index (χ1n) is 7.03. The van der Waals surface area contributed by atoms with E-state index in [1.54, 1.807) is 36.4 Å². The van der Waals surface area contributed by atoms with Crippen LogP contribution < -0.4 is 10.9 Å². The summed E-state index contributed by atoms with van der Waals surface area (Å²) in [6, 6.07) is 3.58.